The standard InChI is InChI=1S/C16H17BrClN/c1-11-3-6-14(7-4-11)12(2)19-10-13-5-8-15(17)16(18)9-13/h3-9,12,19H,10H2,1-2H3/t12-/m1/s1. The van der Waals surface area contributed by atoms with Gasteiger partial charge in [-0.1, -0.05) is 47.5 Å². The Morgan fingerprint density at radius 1 is 1.16 bits per heavy atom. The van der Waals surface area contributed by atoms with Gasteiger partial charge in [0, 0.05) is 17.1 Å². The summed E-state index contributed by atoms with van der Waals surface area (Å²) in [7, 11) is 0. The highest BCUT2D eigenvalue weighted by molar-refractivity contribution is 9.10. The Kier molecular flexibility index (Phi) is 5.03. The van der Waals surface area contributed by atoms with Gasteiger partial charge in [0.15, 0.2) is 0 Å². The zero-order chi connectivity index (χ0) is 13.8. The lowest BCUT2D eigenvalue weighted by Gasteiger charge is -2.15. The first kappa shape index (κ1) is 14.6. The van der Waals surface area contributed by atoms with Gasteiger partial charge in [0.2, 0.25) is 0 Å². The van der Waals surface area contributed by atoms with Crippen LogP contribution < -0.4 is 5.32 Å². The summed E-state index contributed by atoms with van der Waals surface area (Å²) in [5.74, 6) is 0. The third-order valence-electron chi connectivity index (χ3n) is 3.17. The molecular weight excluding hydrogens is 322 g/mol. The summed E-state index contributed by atoms with van der Waals surface area (Å²) in [6.45, 7) is 5.08. The van der Waals surface area contributed by atoms with Crippen molar-refractivity contribution in [2.45, 2.75) is 26.4 Å². The lowest BCUT2D eigenvalue weighted by atomic mass is 10.1. The first-order valence-electron chi connectivity index (χ1n) is 6.30. The maximum atomic E-state index is 6.09. The van der Waals surface area contributed by atoms with Crippen LogP contribution in [-0.2, 0) is 6.54 Å². The molecule has 0 aliphatic rings. The third kappa shape index (κ3) is 4.07. The molecule has 0 aliphatic heterocycles. The summed E-state index contributed by atoms with van der Waals surface area (Å²) >= 11 is 9.49. The lowest BCUT2D eigenvalue weighted by Crippen LogP contribution is -2.18. The van der Waals surface area contributed by atoms with Crippen molar-refractivity contribution in [1.29, 1.82) is 0 Å². The Morgan fingerprint density at radius 3 is 2.47 bits per heavy atom. The van der Waals surface area contributed by atoms with Crippen molar-refractivity contribution in [2.75, 3.05) is 0 Å². The van der Waals surface area contributed by atoms with E-state index < -0.39 is 0 Å². The van der Waals surface area contributed by atoms with E-state index in [4.69, 9.17) is 11.6 Å². The molecule has 100 valence electrons. The Balaban J connectivity index is 1.98. The Bertz CT molecular complexity index is 551. The minimum atomic E-state index is 0.322. The number of halogens is 2. The zero-order valence-corrected chi connectivity index (χ0v) is 13.4. The first-order chi connectivity index (χ1) is 9.06. The highest BCUT2D eigenvalue weighted by Crippen LogP contribution is 2.23. The molecule has 1 nitrogen and oxygen atoms in total. The molecule has 0 spiro atoms. The molecule has 3 heteroatoms. The van der Waals surface area contributed by atoms with Gasteiger partial charge in [-0.2, -0.15) is 0 Å². The van der Waals surface area contributed by atoms with Gasteiger partial charge in [-0.3, -0.25) is 0 Å². The summed E-state index contributed by atoms with van der Waals surface area (Å²) < 4.78 is 0.935. The maximum Gasteiger partial charge on any atom is 0.0551 e. The minimum absolute atomic E-state index is 0.322. The van der Waals surface area contributed by atoms with Crippen molar-refractivity contribution in [3.63, 3.8) is 0 Å². The van der Waals surface area contributed by atoms with Gasteiger partial charge in [0.1, 0.15) is 0 Å². The van der Waals surface area contributed by atoms with E-state index in [1.54, 1.807) is 0 Å². The predicted octanol–water partition coefficient (Wildman–Crippen LogP) is 5.26. The van der Waals surface area contributed by atoms with Gasteiger partial charge >= 0.3 is 0 Å². The van der Waals surface area contributed by atoms with Crippen LogP contribution in [0.4, 0.5) is 0 Å². The molecule has 0 heterocycles. The van der Waals surface area contributed by atoms with E-state index in [1.807, 2.05) is 12.1 Å². The quantitative estimate of drug-likeness (QED) is 0.801. The highest BCUT2D eigenvalue weighted by atomic mass is 79.9. The summed E-state index contributed by atoms with van der Waals surface area (Å²) in [5, 5.41) is 4.26. The van der Waals surface area contributed by atoms with Crippen molar-refractivity contribution < 1.29 is 0 Å². The number of nitrogens with one attached hydrogen (secondary N) is 1. The number of hydrogen-bond acceptors (Lipinski definition) is 1. The van der Waals surface area contributed by atoms with Crippen LogP contribution in [0.5, 0.6) is 0 Å². The van der Waals surface area contributed by atoms with Crippen LogP contribution in [0, 0.1) is 6.92 Å². The second kappa shape index (κ2) is 6.56. The van der Waals surface area contributed by atoms with E-state index in [-0.39, 0.29) is 0 Å². The normalized spacial score (nSPS) is 12.4. The number of aryl methyl sites for hydroxylation is 1. The van der Waals surface area contributed by atoms with Gasteiger partial charge in [0.05, 0.1) is 5.02 Å². The average molecular weight is 339 g/mol. The monoisotopic (exact) mass is 337 g/mol. The van der Waals surface area contributed by atoms with Crippen molar-refractivity contribution in [1.82, 2.24) is 5.32 Å². The molecule has 1 N–H and O–H groups in total. The second-order valence-electron chi connectivity index (χ2n) is 4.76. The molecule has 2 aromatic carbocycles. The van der Waals surface area contributed by atoms with Crippen LogP contribution in [-0.4, -0.2) is 0 Å². The van der Waals surface area contributed by atoms with Crippen LogP contribution in [0.1, 0.15) is 29.7 Å². The number of hydrogen-bond donors (Lipinski definition) is 1. The summed E-state index contributed by atoms with van der Waals surface area (Å²) in [6.07, 6.45) is 0. The zero-order valence-electron chi connectivity index (χ0n) is 11.1. The molecule has 2 aromatic rings. The van der Waals surface area contributed by atoms with E-state index >= 15 is 0 Å². The predicted molar refractivity (Wildman–Crippen MR) is 85.6 cm³/mol. The summed E-state index contributed by atoms with van der Waals surface area (Å²) in [6, 6.07) is 15.0. The third-order valence-corrected chi connectivity index (χ3v) is 4.41. The lowest BCUT2D eigenvalue weighted by molar-refractivity contribution is 0.574. The van der Waals surface area contributed by atoms with E-state index in [9.17, 15) is 0 Å². The molecule has 19 heavy (non-hydrogen) atoms. The molecule has 0 bridgehead atoms. The molecule has 2 rings (SSSR count). The summed E-state index contributed by atoms with van der Waals surface area (Å²) in [4.78, 5) is 0. The van der Waals surface area contributed by atoms with Crippen LogP contribution in [0.2, 0.25) is 5.02 Å². The Labute approximate surface area is 128 Å². The molecule has 0 radical (unpaired) electrons. The van der Waals surface area contributed by atoms with Gasteiger partial charge in [-0.05, 0) is 53.0 Å². The molecule has 0 aliphatic carbocycles. The molecular formula is C16H17BrClN. The van der Waals surface area contributed by atoms with E-state index in [1.165, 1.54) is 16.7 Å². The topological polar surface area (TPSA) is 12.0 Å². The average Bonchev–Trinajstić information content (AvgIpc) is 2.40. The number of rotatable bonds is 4. The van der Waals surface area contributed by atoms with Gasteiger partial charge in [-0.25, -0.2) is 0 Å². The fourth-order valence-electron chi connectivity index (χ4n) is 1.89. The molecule has 1 atom stereocenters. The summed E-state index contributed by atoms with van der Waals surface area (Å²) in [5.41, 5.74) is 3.77. The highest BCUT2D eigenvalue weighted by Gasteiger charge is 2.05. The molecule has 0 saturated heterocycles. The fraction of sp³-hybridized carbons (Fsp3) is 0.250. The van der Waals surface area contributed by atoms with Crippen molar-refractivity contribution in [2.24, 2.45) is 0 Å². The van der Waals surface area contributed by atoms with Crippen molar-refractivity contribution in [3.05, 3.63) is 68.7 Å². The Morgan fingerprint density at radius 2 is 1.84 bits per heavy atom. The van der Waals surface area contributed by atoms with Gasteiger partial charge < -0.3 is 5.32 Å². The molecule has 0 amide bonds. The van der Waals surface area contributed by atoms with Gasteiger partial charge in [-0.15, -0.1) is 0 Å². The van der Waals surface area contributed by atoms with E-state index in [2.05, 4.69) is 65.4 Å². The van der Waals surface area contributed by atoms with Crippen LogP contribution in [0.15, 0.2) is 46.9 Å². The number of benzene rings is 2. The van der Waals surface area contributed by atoms with Crippen LogP contribution in [0.3, 0.4) is 0 Å². The van der Waals surface area contributed by atoms with E-state index in [0.29, 0.717) is 6.04 Å². The van der Waals surface area contributed by atoms with Crippen molar-refractivity contribution >= 4 is 27.5 Å². The van der Waals surface area contributed by atoms with E-state index in [0.717, 1.165) is 16.0 Å². The maximum absolute atomic E-state index is 6.09. The van der Waals surface area contributed by atoms with Gasteiger partial charge in [0.25, 0.3) is 0 Å². The van der Waals surface area contributed by atoms with Crippen LogP contribution >= 0.6 is 27.5 Å². The minimum Gasteiger partial charge on any atom is -0.306 e. The molecule has 0 unspecified atom stereocenters. The van der Waals surface area contributed by atoms with Crippen LogP contribution in [0.25, 0.3) is 0 Å². The second-order valence-corrected chi connectivity index (χ2v) is 6.02. The first-order valence-corrected chi connectivity index (χ1v) is 7.47. The SMILES string of the molecule is Cc1ccc([C@@H](C)NCc2ccc(Br)c(Cl)c2)cc1. The molecule has 0 aromatic heterocycles. The molecule has 0 fully saturated rings. The fourth-order valence-corrected chi connectivity index (χ4v) is 2.34. The molecule has 0 saturated carbocycles. The Hall–Kier alpha value is -0.830. The van der Waals surface area contributed by atoms with Crippen molar-refractivity contribution in [3.8, 4) is 0 Å². The smallest absolute Gasteiger partial charge is 0.0551 e. The largest absolute Gasteiger partial charge is 0.306 e.